The highest BCUT2D eigenvalue weighted by molar-refractivity contribution is 6.31. The molecule has 1 saturated heterocycles. The summed E-state index contributed by atoms with van der Waals surface area (Å²) in [7, 11) is 1.59. The van der Waals surface area contributed by atoms with Crippen LogP contribution in [0.25, 0.3) is 10.9 Å². The highest BCUT2D eigenvalue weighted by Crippen LogP contribution is 2.35. The Bertz CT molecular complexity index is 1200. The maximum absolute atomic E-state index is 13.5. The monoisotopic (exact) mass is 501 g/mol. The molecule has 0 bridgehead atoms. The highest BCUT2D eigenvalue weighted by atomic mass is 35.5. The Morgan fingerprint density at radius 2 is 2.00 bits per heavy atom. The third-order valence-corrected chi connectivity index (χ3v) is 6.30. The molecule has 1 amide bonds. The third kappa shape index (κ3) is 6.29. The van der Waals surface area contributed by atoms with Gasteiger partial charge in [-0.3, -0.25) is 4.79 Å². The van der Waals surface area contributed by atoms with Gasteiger partial charge in [0.1, 0.15) is 18.0 Å². The van der Waals surface area contributed by atoms with E-state index in [0.29, 0.717) is 35.1 Å². The van der Waals surface area contributed by atoms with Gasteiger partial charge < -0.3 is 24.6 Å². The summed E-state index contributed by atoms with van der Waals surface area (Å²) in [5.74, 6) is 1.37. The van der Waals surface area contributed by atoms with Crippen molar-refractivity contribution in [3.63, 3.8) is 0 Å². The van der Waals surface area contributed by atoms with Gasteiger partial charge in [-0.05, 0) is 43.7 Å². The average molecular weight is 502 g/mol. The molecule has 0 atom stereocenters. The summed E-state index contributed by atoms with van der Waals surface area (Å²) < 4.78 is 25.1. The van der Waals surface area contributed by atoms with Crippen LogP contribution in [-0.4, -0.2) is 72.1 Å². The molecule has 4 rings (SSSR count). The fourth-order valence-corrected chi connectivity index (χ4v) is 4.31. The number of fused-ring (bicyclic) bond motifs is 1. The first-order chi connectivity index (χ1) is 16.9. The van der Waals surface area contributed by atoms with Crippen LogP contribution in [0.2, 0.25) is 5.02 Å². The van der Waals surface area contributed by atoms with Gasteiger partial charge in [-0.15, -0.1) is 0 Å². The fraction of sp³-hybridized carbons (Fsp3) is 0.400. The van der Waals surface area contributed by atoms with Crippen LogP contribution in [0.1, 0.15) is 19.8 Å². The van der Waals surface area contributed by atoms with Crippen molar-refractivity contribution in [2.45, 2.75) is 19.8 Å². The number of hydrogen-bond acceptors (Lipinski definition) is 7. The van der Waals surface area contributed by atoms with Crippen LogP contribution >= 0.6 is 11.6 Å². The second-order valence-corrected chi connectivity index (χ2v) is 8.81. The SMILES string of the molecule is COc1cc2ncnc(Nc3ccc(F)c(Cl)c3)c2cc1OCCCN1CCCN(C(C)=O)CC1. The van der Waals surface area contributed by atoms with E-state index in [9.17, 15) is 9.18 Å². The summed E-state index contributed by atoms with van der Waals surface area (Å²) in [5.41, 5.74) is 1.29. The van der Waals surface area contributed by atoms with Crippen molar-refractivity contribution in [1.82, 2.24) is 19.8 Å². The minimum absolute atomic E-state index is 0.0254. The number of amides is 1. The van der Waals surface area contributed by atoms with Crippen LogP contribution < -0.4 is 14.8 Å². The van der Waals surface area contributed by atoms with Gasteiger partial charge in [-0.1, -0.05) is 11.6 Å². The number of carbonyl (C=O) groups is 1. The number of nitrogens with one attached hydrogen (secondary N) is 1. The number of hydrogen-bond donors (Lipinski definition) is 1. The summed E-state index contributed by atoms with van der Waals surface area (Å²) in [6.07, 6.45) is 3.27. The van der Waals surface area contributed by atoms with Crippen molar-refractivity contribution in [3.05, 3.63) is 47.5 Å². The largest absolute Gasteiger partial charge is 0.493 e. The molecule has 3 aromatic rings. The zero-order chi connectivity index (χ0) is 24.8. The Morgan fingerprint density at radius 3 is 2.77 bits per heavy atom. The number of ether oxygens (including phenoxy) is 2. The molecular formula is C25H29ClFN5O3. The molecule has 2 aromatic carbocycles. The quantitative estimate of drug-likeness (QED) is 0.455. The van der Waals surface area contributed by atoms with Crippen molar-refractivity contribution in [3.8, 4) is 11.5 Å². The van der Waals surface area contributed by atoms with Gasteiger partial charge >= 0.3 is 0 Å². The molecule has 0 aliphatic carbocycles. The summed E-state index contributed by atoms with van der Waals surface area (Å²) in [5, 5.41) is 3.94. The van der Waals surface area contributed by atoms with E-state index in [-0.39, 0.29) is 10.9 Å². The number of benzene rings is 2. The lowest BCUT2D eigenvalue weighted by Crippen LogP contribution is -2.34. The topological polar surface area (TPSA) is 79.8 Å². The predicted octanol–water partition coefficient (Wildman–Crippen LogP) is 4.50. The van der Waals surface area contributed by atoms with Crippen molar-refractivity contribution in [1.29, 1.82) is 0 Å². The zero-order valence-corrected chi connectivity index (χ0v) is 20.6. The van der Waals surface area contributed by atoms with E-state index < -0.39 is 5.82 Å². The average Bonchev–Trinajstić information content (AvgIpc) is 3.10. The summed E-state index contributed by atoms with van der Waals surface area (Å²) in [6.45, 7) is 6.47. The maximum atomic E-state index is 13.5. The molecule has 1 fully saturated rings. The first kappa shape index (κ1) is 24.9. The molecule has 0 spiro atoms. The van der Waals surface area contributed by atoms with Crippen molar-refractivity contribution < 1.29 is 18.7 Å². The molecular weight excluding hydrogens is 473 g/mol. The number of rotatable bonds is 8. The predicted molar refractivity (Wildman–Crippen MR) is 134 cm³/mol. The Kier molecular flexibility index (Phi) is 8.20. The number of halogens is 2. The van der Waals surface area contributed by atoms with Gasteiger partial charge in [-0.25, -0.2) is 14.4 Å². The molecule has 2 heterocycles. The van der Waals surface area contributed by atoms with Gasteiger partial charge in [0.05, 0.1) is 24.3 Å². The first-order valence-electron chi connectivity index (χ1n) is 11.6. The van der Waals surface area contributed by atoms with Crippen molar-refractivity contribution in [2.24, 2.45) is 0 Å². The van der Waals surface area contributed by atoms with E-state index in [4.69, 9.17) is 21.1 Å². The minimum Gasteiger partial charge on any atom is -0.493 e. The molecule has 1 aromatic heterocycles. The summed E-state index contributed by atoms with van der Waals surface area (Å²) in [6, 6.07) is 8.05. The summed E-state index contributed by atoms with van der Waals surface area (Å²) in [4.78, 5) is 24.6. The number of carbonyl (C=O) groups excluding carboxylic acids is 1. The fourth-order valence-electron chi connectivity index (χ4n) is 4.13. The molecule has 0 radical (unpaired) electrons. The smallest absolute Gasteiger partial charge is 0.219 e. The Labute approximate surface area is 209 Å². The molecule has 1 aliphatic rings. The molecule has 10 heteroatoms. The molecule has 0 unspecified atom stereocenters. The van der Waals surface area contributed by atoms with E-state index in [1.807, 2.05) is 11.0 Å². The van der Waals surface area contributed by atoms with E-state index in [0.717, 1.165) is 51.0 Å². The van der Waals surface area contributed by atoms with E-state index in [1.165, 1.54) is 18.5 Å². The van der Waals surface area contributed by atoms with E-state index >= 15 is 0 Å². The lowest BCUT2D eigenvalue weighted by Gasteiger charge is -2.21. The first-order valence-corrected chi connectivity index (χ1v) is 12.0. The molecule has 8 nitrogen and oxygen atoms in total. The molecule has 35 heavy (non-hydrogen) atoms. The maximum Gasteiger partial charge on any atom is 0.219 e. The molecule has 1 aliphatic heterocycles. The Hall–Kier alpha value is -3.17. The van der Waals surface area contributed by atoms with E-state index in [2.05, 4.69) is 20.2 Å². The minimum atomic E-state index is -0.485. The number of nitrogens with zero attached hydrogens (tertiary/aromatic N) is 4. The van der Waals surface area contributed by atoms with Gasteiger partial charge in [0, 0.05) is 50.2 Å². The van der Waals surface area contributed by atoms with Crippen LogP contribution in [0, 0.1) is 5.82 Å². The van der Waals surface area contributed by atoms with Gasteiger partial charge in [0.25, 0.3) is 0 Å². The van der Waals surface area contributed by atoms with Crippen molar-refractivity contribution >= 4 is 39.9 Å². The highest BCUT2D eigenvalue weighted by Gasteiger charge is 2.17. The van der Waals surface area contributed by atoms with Gasteiger partial charge in [0.2, 0.25) is 5.91 Å². The lowest BCUT2D eigenvalue weighted by atomic mass is 10.2. The number of aromatic nitrogens is 2. The summed E-state index contributed by atoms with van der Waals surface area (Å²) >= 11 is 5.92. The lowest BCUT2D eigenvalue weighted by molar-refractivity contribution is -0.128. The van der Waals surface area contributed by atoms with Gasteiger partial charge in [-0.2, -0.15) is 0 Å². The van der Waals surface area contributed by atoms with Crippen LogP contribution in [0.4, 0.5) is 15.9 Å². The Balaban J connectivity index is 1.43. The standard InChI is InChI=1S/C25H29ClFN5O3/c1-17(33)32-9-3-7-31(10-11-32)8-4-12-35-24-14-19-22(15-23(24)34-2)28-16-29-25(19)30-18-5-6-21(27)20(26)13-18/h5-6,13-16H,3-4,7-12H2,1-2H3,(H,28,29,30). The second-order valence-electron chi connectivity index (χ2n) is 8.40. The number of anilines is 2. The molecule has 1 N–H and O–H groups in total. The molecule has 0 saturated carbocycles. The zero-order valence-electron chi connectivity index (χ0n) is 19.9. The van der Waals surface area contributed by atoms with Crippen molar-refractivity contribution in [2.75, 3.05) is 51.8 Å². The third-order valence-electron chi connectivity index (χ3n) is 6.01. The van der Waals surface area contributed by atoms with Crippen LogP contribution in [0.15, 0.2) is 36.7 Å². The van der Waals surface area contributed by atoms with Gasteiger partial charge in [0.15, 0.2) is 11.5 Å². The number of methoxy groups -OCH3 is 1. The Morgan fingerprint density at radius 1 is 1.14 bits per heavy atom. The molecule has 186 valence electrons. The van der Waals surface area contributed by atoms with Crippen LogP contribution in [-0.2, 0) is 4.79 Å². The second kappa shape index (κ2) is 11.5. The normalized spacial score (nSPS) is 14.6. The van der Waals surface area contributed by atoms with Crippen LogP contribution in [0.3, 0.4) is 0 Å². The van der Waals surface area contributed by atoms with Crippen LogP contribution in [0.5, 0.6) is 11.5 Å². The van der Waals surface area contributed by atoms with E-state index in [1.54, 1.807) is 26.2 Å².